The number of hydrogen-bond acceptors (Lipinski definition) is 4. The predicted octanol–water partition coefficient (Wildman–Crippen LogP) is 2.76. The third-order valence-electron chi connectivity index (χ3n) is 2.72. The van der Waals surface area contributed by atoms with Crippen LogP contribution >= 0.6 is 0 Å². The summed E-state index contributed by atoms with van der Waals surface area (Å²) in [4.78, 5) is 8.16. The lowest BCUT2D eigenvalue weighted by Crippen LogP contribution is -2.16. The smallest absolute Gasteiger partial charge is 0.416 e. The van der Waals surface area contributed by atoms with Crippen LogP contribution < -0.4 is 10.1 Å². The number of likely N-dealkylation sites (N-methyl/N-ethyl adjacent to an activating group) is 1. The summed E-state index contributed by atoms with van der Waals surface area (Å²) in [7, 11) is 1.81. The normalized spacial score (nSPS) is 11.4. The number of rotatable bonds is 5. The predicted molar refractivity (Wildman–Crippen MR) is 71.9 cm³/mol. The molecule has 112 valence electrons. The maximum Gasteiger partial charge on any atom is 0.416 e. The quantitative estimate of drug-likeness (QED) is 0.862. The summed E-state index contributed by atoms with van der Waals surface area (Å²) in [6.07, 6.45) is -1.35. The lowest BCUT2D eigenvalue weighted by atomic mass is 10.1. The van der Waals surface area contributed by atoms with E-state index >= 15 is 0 Å². The molecule has 21 heavy (non-hydrogen) atoms. The molecule has 0 aliphatic rings. The van der Waals surface area contributed by atoms with Crippen LogP contribution in [0.25, 0.3) is 11.4 Å². The molecular weight excluding hydrogens is 283 g/mol. The second-order valence-electron chi connectivity index (χ2n) is 4.27. The molecule has 0 fully saturated rings. The molecule has 0 aliphatic heterocycles. The van der Waals surface area contributed by atoms with Gasteiger partial charge in [-0.1, -0.05) is 12.1 Å². The number of alkyl halides is 3. The molecule has 1 heterocycles. The van der Waals surface area contributed by atoms with E-state index in [9.17, 15) is 13.2 Å². The molecule has 0 saturated carbocycles. The van der Waals surface area contributed by atoms with Crippen LogP contribution in [-0.2, 0) is 6.18 Å². The number of nitrogens with zero attached hydrogens (tertiary/aromatic N) is 2. The lowest BCUT2D eigenvalue weighted by molar-refractivity contribution is -0.137. The third-order valence-corrected chi connectivity index (χ3v) is 2.72. The highest BCUT2D eigenvalue weighted by Gasteiger charge is 2.30. The Morgan fingerprint density at radius 2 is 1.71 bits per heavy atom. The number of halogens is 3. The van der Waals surface area contributed by atoms with E-state index in [1.807, 2.05) is 7.05 Å². The van der Waals surface area contributed by atoms with E-state index < -0.39 is 11.7 Å². The van der Waals surface area contributed by atoms with Crippen molar-refractivity contribution in [3.63, 3.8) is 0 Å². The van der Waals surface area contributed by atoms with Crippen molar-refractivity contribution < 1.29 is 17.9 Å². The monoisotopic (exact) mass is 297 g/mol. The fraction of sp³-hybridized carbons (Fsp3) is 0.286. The van der Waals surface area contributed by atoms with Crippen molar-refractivity contribution in [1.82, 2.24) is 15.3 Å². The minimum Gasteiger partial charge on any atom is -0.489 e. The summed E-state index contributed by atoms with van der Waals surface area (Å²) in [5, 5.41) is 2.93. The van der Waals surface area contributed by atoms with Gasteiger partial charge in [-0.25, -0.2) is 9.97 Å². The van der Waals surface area contributed by atoms with E-state index in [0.29, 0.717) is 30.3 Å². The van der Waals surface area contributed by atoms with Gasteiger partial charge in [-0.2, -0.15) is 13.2 Å². The Bertz CT molecular complexity index is 568. The molecular formula is C14H14F3N3O. The van der Waals surface area contributed by atoms with Gasteiger partial charge in [-0.15, -0.1) is 0 Å². The zero-order chi connectivity index (χ0) is 15.3. The van der Waals surface area contributed by atoms with Crippen LogP contribution in [0.1, 0.15) is 5.56 Å². The van der Waals surface area contributed by atoms with Crippen molar-refractivity contribution in [2.75, 3.05) is 20.2 Å². The molecule has 2 aromatic rings. The molecule has 0 amide bonds. The van der Waals surface area contributed by atoms with E-state index in [2.05, 4.69) is 15.3 Å². The molecule has 1 aromatic carbocycles. The Balaban J connectivity index is 2.08. The number of aromatic nitrogens is 2. The van der Waals surface area contributed by atoms with Crippen molar-refractivity contribution in [3.8, 4) is 17.1 Å². The minimum absolute atomic E-state index is 0.352. The first-order valence-corrected chi connectivity index (χ1v) is 6.28. The van der Waals surface area contributed by atoms with Crippen molar-refractivity contribution in [2.45, 2.75) is 6.18 Å². The average Bonchev–Trinajstić information content (AvgIpc) is 2.48. The van der Waals surface area contributed by atoms with Crippen LogP contribution in [0.5, 0.6) is 5.75 Å². The van der Waals surface area contributed by atoms with E-state index in [1.165, 1.54) is 24.5 Å². The van der Waals surface area contributed by atoms with Crippen LogP contribution in [0.4, 0.5) is 13.2 Å². The number of benzene rings is 1. The second-order valence-corrected chi connectivity index (χ2v) is 4.27. The Morgan fingerprint density at radius 1 is 1.10 bits per heavy atom. The van der Waals surface area contributed by atoms with Crippen molar-refractivity contribution >= 4 is 0 Å². The van der Waals surface area contributed by atoms with Crippen LogP contribution in [0.15, 0.2) is 36.7 Å². The van der Waals surface area contributed by atoms with Crippen molar-refractivity contribution in [2.24, 2.45) is 0 Å². The van der Waals surface area contributed by atoms with Gasteiger partial charge in [0, 0.05) is 12.1 Å². The van der Waals surface area contributed by atoms with E-state index in [0.717, 1.165) is 12.1 Å². The fourth-order valence-corrected chi connectivity index (χ4v) is 1.62. The second kappa shape index (κ2) is 6.53. The maximum atomic E-state index is 12.5. The summed E-state index contributed by atoms with van der Waals surface area (Å²) in [6.45, 7) is 1.18. The Morgan fingerprint density at radius 3 is 2.24 bits per heavy atom. The van der Waals surface area contributed by atoms with E-state index in [1.54, 1.807) is 0 Å². The first kappa shape index (κ1) is 15.2. The van der Waals surface area contributed by atoms with E-state index in [-0.39, 0.29) is 0 Å². The Kier molecular flexibility index (Phi) is 4.74. The zero-order valence-electron chi connectivity index (χ0n) is 11.3. The Labute approximate surface area is 120 Å². The van der Waals surface area contributed by atoms with Crippen molar-refractivity contribution in [1.29, 1.82) is 0 Å². The van der Waals surface area contributed by atoms with Crippen LogP contribution in [-0.4, -0.2) is 30.2 Å². The minimum atomic E-state index is -4.34. The van der Waals surface area contributed by atoms with E-state index in [4.69, 9.17) is 4.74 Å². The molecule has 0 aliphatic carbocycles. The molecule has 2 rings (SSSR count). The third kappa shape index (κ3) is 4.16. The number of hydrogen-bond donors (Lipinski definition) is 1. The van der Waals surface area contributed by atoms with Gasteiger partial charge in [-0.3, -0.25) is 0 Å². The standard InChI is InChI=1S/C14H14F3N3O/c1-18-6-7-21-12-8-19-13(20-9-12)10-2-4-11(5-3-10)14(15,16)17/h2-5,8-9,18H,6-7H2,1H3. The number of ether oxygens (including phenoxy) is 1. The summed E-state index contributed by atoms with van der Waals surface area (Å²) in [6, 6.07) is 4.71. The van der Waals surface area contributed by atoms with Gasteiger partial charge < -0.3 is 10.1 Å². The summed E-state index contributed by atoms with van der Waals surface area (Å²) >= 11 is 0. The molecule has 0 spiro atoms. The molecule has 0 radical (unpaired) electrons. The fourth-order valence-electron chi connectivity index (χ4n) is 1.62. The molecule has 0 saturated heterocycles. The zero-order valence-corrected chi connectivity index (χ0v) is 11.3. The summed E-state index contributed by atoms with van der Waals surface area (Å²) < 4.78 is 42.8. The van der Waals surface area contributed by atoms with Gasteiger partial charge in [0.25, 0.3) is 0 Å². The van der Waals surface area contributed by atoms with Crippen LogP contribution in [0.3, 0.4) is 0 Å². The SMILES string of the molecule is CNCCOc1cnc(-c2ccc(C(F)(F)F)cc2)nc1. The highest BCUT2D eigenvalue weighted by atomic mass is 19.4. The van der Waals surface area contributed by atoms with Crippen LogP contribution in [0.2, 0.25) is 0 Å². The number of nitrogens with one attached hydrogen (secondary N) is 1. The van der Waals surface area contributed by atoms with Gasteiger partial charge in [0.2, 0.25) is 0 Å². The van der Waals surface area contributed by atoms with Gasteiger partial charge in [0.1, 0.15) is 6.61 Å². The lowest BCUT2D eigenvalue weighted by Gasteiger charge is -2.08. The average molecular weight is 297 g/mol. The molecule has 7 heteroatoms. The topological polar surface area (TPSA) is 47.0 Å². The molecule has 0 bridgehead atoms. The van der Waals surface area contributed by atoms with Gasteiger partial charge in [0.05, 0.1) is 18.0 Å². The molecule has 4 nitrogen and oxygen atoms in total. The molecule has 0 unspecified atom stereocenters. The molecule has 1 N–H and O–H groups in total. The maximum absolute atomic E-state index is 12.5. The van der Waals surface area contributed by atoms with Crippen molar-refractivity contribution in [3.05, 3.63) is 42.2 Å². The first-order valence-electron chi connectivity index (χ1n) is 6.28. The first-order chi connectivity index (χ1) is 10.0. The summed E-state index contributed by atoms with van der Waals surface area (Å²) in [5.41, 5.74) is -0.178. The summed E-state index contributed by atoms with van der Waals surface area (Å²) in [5.74, 6) is 0.866. The van der Waals surface area contributed by atoms with Gasteiger partial charge in [-0.05, 0) is 19.2 Å². The highest BCUT2D eigenvalue weighted by Crippen LogP contribution is 2.30. The molecule has 0 atom stereocenters. The Hall–Kier alpha value is -2.15. The van der Waals surface area contributed by atoms with Gasteiger partial charge >= 0.3 is 6.18 Å². The van der Waals surface area contributed by atoms with Crippen LogP contribution in [0, 0.1) is 0 Å². The van der Waals surface area contributed by atoms with Gasteiger partial charge in [0.15, 0.2) is 11.6 Å². The largest absolute Gasteiger partial charge is 0.489 e. The highest BCUT2D eigenvalue weighted by molar-refractivity contribution is 5.55. The molecule has 1 aromatic heterocycles.